The summed E-state index contributed by atoms with van der Waals surface area (Å²) in [4.78, 5) is 13.2. The van der Waals surface area contributed by atoms with Crippen LogP contribution in [-0.4, -0.2) is 19.1 Å². The van der Waals surface area contributed by atoms with Gasteiger partial charge in [0.25, 0.3) is 5.91 Å². The molecule has 1 aliphatic heterocycles. The summed E-state index contributed by atoms with van der Waals surface area (Å²) in [5.74, 6) is 2.68. The summed E-state index contributed by atoms with van der Waals surface area (Å²) in [6, 6.07) is 21.4. The maximum Gasteiger partial charge on any atom is 0.267 e. The molecule has 3 aromatic rings. The standard InChI is InChI=1S/C38H41NO4/c1-3-5-7-14-24-41-29-20-22-32-35(26-29)43-36-27-30(42-25-15-8-6-4-2)21-23-33(36)37(32)31-18-12-13-19-34(31)39-38(40)28-16-10-9-11-17-28/h9-13,16-17,19-23,26-27,37H,3-8,14-15,24-25H2,1-2H3/p+1. The Kier molecular flexibility index (Phi) is 10.7. The minimum absolute atomic E-state index is 0.160. The zero-order chi connectivity index (χ0) is 29.9. The van der Waals surface area contributed by atoms with E-state index in [1.807, 2.05) is 72.8 Å². The molecular weight excluding hydrogens is 534 g/mol. The van der Waals surface area contributed by atoms with E-state index in [-0.39, 0.29) is 11.8 Å². The van der Waals surface area contributed by atoms with Crippen molar-refractivity contribution in [1.29, 1.82) is 0 Å². The molecule has 5 rings (SSSR count). The van der Waals surface area contributed by atoms with Crippen LogP contribution in [0.2, 0.25) is 0 Å². The van der Waals surface area contributed by atoms with Crippen LogP contribution in [0.5, 0.6) is 23.0 Å². The van der Waals surface area contributed by atoms with Gasteiger partial charge in [-0.25, -0.2) is 0 Å². The lowest BCUT2D eigenvalue weighted by atomic mass is 9.79. The van der Waals surface area contributed by atoms with Crippen LogP contribution in [0.4, 0.5) is 0 Å². The molecule has 0 saturated heterocycles. The summed E-state index contributed by atoms with van der Waals surface area (Å²) in [5.41, 5.74) is 4.19. The second-order valence-electron chi connectivity index (χ2n) is 11.1. The zero-order valence-electron chi connectivity index (χ0n) is 25.4. The monoisotopic (exact) mass is 576 g/mol. The molecule has 5 nitrogen and oxygen atoms in total. The lowest BCUT2D eigenvalue weighted by molar-refractivity contribution is 0.0966. The van der Waals surface area contributed by atoms with Gasteiger partial charge in [-0.15, -0.1) is 0 Å². The number of nitrogens with one attached hydrogen (secondary N) is 1. The first-order valence-electron chi connectivity index (χ1n) is 15.8. The lowest BCUT2D eigenvalue weighted by Crippen LogP contribution is -2.27. The van der Waals surface area contributed by atoms with Crippen LogP contribution in [0.1, 0.15) is 92.6 Å². The average molecular weight is 577 g/mol. The molecule has 1 heterocycles. The molecule has 3 aromatic carbocycles. The fourth-order valence-electron chi connectivity index (χ4n) is 5.48. The molecule has 0 unspecified atom stereocenters. The van der Waals surface area contributed by atoms with Crippen molar-refractivity contribution in [2.75, 3.05) is 13.2 Å². The lowest BCUT2D eigenvalue weighted by Gasteiger charge is -2.29. The summed E-state index contributed by atoms with van der Waals surface area (Å²) in [7, 11) is 0. The van der Waals surface area contributed by atoms with Gasteiger partial charge in [-0.1, -0.05) is 82.7 Å². The number of unbranched alkanes of at least 4 members (excludes halogenated alkanes) is 6. The largest absolute Gasteiger partial charge is 0.493 e. The van der Waals surface area contributed by atoms with Crippen molar-refractivity contribution in [2.45, 2.75) is 71.1 Å². The van der Waals surface area contributed by atoms with Crippen LogP contribution in [0, 0.1) is 6.08 Å². The molecule has 2 aliphatic rings. The van der Waals surface area contributed by atoms with E-state index < -0.39 is 0 Å². The number of ether oxygens (including phenoxy) is 3. The maximum absolute atomic E-state index is 13.2. The molecule has 43 heavy (non-hydrogen) atoms. The van der Waals surface area contributed by atoms with Gasteiger partial charge in [0.1, 0.15) is 29.1 Å². The van der Waals surface area contributed by atoms with E-state index in [0.29, 0.717) is 24.5 Å². The number of fused-ring (bicyclic) bond motifs is 2. The molecule has 1 amide bonds. The summed E-state index contributed by atoms with van der Waals surface area (Å²) in [6.07, 6.45) is 18.4. The minimum atomic E-state index is -0.205. The predicted molar refractivity (Wildman–Crippen MR) is 172 cm³/mol. The third kappa shape index (κ3) is 7.74. The molecule has 1 N–H and O–H groups in total. The summed E-state index contributed by atoms with van der Waals surface area (Å²) >= 11 is 0. The minimum Gasteiger partial charge on any atom is -0.493 e. The zero-order valence-corrected chi connectivity index (χ0v) is 25.4. The van der Waals surface area contributed by atoms with E-state index in [1.54, 1.807) is 0 Å². The Morgan fingerprint density at radius 1 is 0.791 bits per heavy atom. The summed E-state index contributed by atoms with van der Waals surface area (Å²) < 4.78 is 18.8. The fraction of sp³-hybridized carbons (Fsp3) is 0.342. The number of hydrogen-bond donors (Lipinski definition) is 1. The van der Waals surface area contributed by atoms with Crippen molar-refractivity contribution in [3.63, 3.8) is 0 Å². The quantitative estimate of drug-likeness (QED) is 0.145. The molecular formula is C38H42NO4+. The van der Waals surface area contributed by atoms with Crippen molar-refractivity contribution in [1.82, 2.24) is 5.32 Å². The first-order chi connectivity index (χ1) is 21.2. The van der Waals surface area contributed by atoms with E-state index in [1.165, 1.54) is 25.7 Å². The van der Waals surface area contributed by atoms with Crippen molar-refractivity contribution >= 4 is 5.91 Å². The van der Waals surface area contributed by atoms with Crippen LogP contribution >= 0.6 is 0 Å². The van der Waals surface area contributed by atoms with Crippen LogP contribution in [0.25, 0.3) is 0 Å². The highest BCUT2D eigenvalue weighted by Crippen LogP contribution is 2.50. The highest BCUT2D eigenvalue weighted by molar-refractivity contribution is 5.95. The van der Waals surface area contributed by atoms with E-state index in [9.17, 15) is 4.79 Å². The maximum atomic E-state index is 13.2. The smallest absolute Gasteiger partial charge is 0.267 e. The predicted octanol–water partition coefficient (Wildman–Crippen LogP) is 9.46. The van der Waals surface area contributed by atoms with E-state index in [2.05, 4.69) is 37.4 Å². The van der Waals surface area contributed by atoms with Crippen LogP contribution in [0.3, 0.4) is 0 Å². The van der Waals surface area contributed by atoms with Crippen molar-refractivity contribution in [3.05, 3.63) is 119 Å². The summed E-state index contributed by atoms with van der Waals surface area (Å²) in [6.45, 7) is 5.77. The highest BCUT2D eigenvalue weighted by atomic mass is 16.5. The highest BCUT2D eigenvalue weighted by Gasteiger charge is 2.37. The fourth-order valence-corrected chi connectivity index (χ4v) is 5.48. The van der Waals surface area contributed by atoms with Crippen LogP contribution in [0.15, 0.2) is 96.2 Å². The molecule has 222 valence electrons. The van der Waals surface area contributed by atoms with Gasteiger partial charge in [0.2, 0.25) is 0 Å². The number of allylic oxidation sites excluding steroid dienone is 5. The van der Waals surface area contributed by atoms with E-state index in [4.69, 9.17) is 14.2 Å². The number of carbonyl (C=O) groups excluding carboxylic acids is 1. The van der Waals surface area contributed by atoms with Crippen LogP contribution in [-0.2, 0) is 0 Å². The van der Waals surface area contributed by atoms with Gasteiger partial charge in [0.15, 0.2) is 11.3 Å². The number of amides is 1. The van der Waals surface area contributed by atoms with Crippen molar-refractivity contribution < 1.29 is 19.0 Å². The molecule has 0 aromatic heterocycles. The normalized spacial score (nSPS) is 13.5. The number of carbonyl (C=O) groups is 1. The molecule has 0 saturated carbocycles. The van der Waals surface area contributed by atoms with Gasteiger partial charge in [-0.05, 0) is 37.1 Å². The van der Waals surface area contributed by atoms with E-state index in [0.717, 1.165) is 65.4 Å². The Labute approximate surface area is 256 Å². The number of hydrogen-bond acceptors (Lipinski definition) is 4. The third-order valence-electron chi connectivity index (χ3n) is 7.81. The second kappa shape index (κ2) is 15.2. The van der Waals surface area contributed by atoms with Gasteiger partial charge in [0, 0.05) is 41.0 Å². The Hall–Kier alpha value is -4.34. The Morgan fingerprint density at radius 2 is 1.40 bits per heavy atom. The Morgan fingerprint density at radius 3 is 1.98 bits per heavy atom. The topological polar surface area (TPSA) is 56.8 Å². The van der Waals surface area contributed by atoms with Gasteiger partial charge in [-0.3, -0.25) is 10.1 Å². The SMILES string of the molecule is CCCCCCOc1ccc2c(c1)Oc1cc(OCCCCCC)ccc1C2C1=[C+]C=CC=C1NC(=O)c1ccccc1. The molecule has 1 aliphatic carbocycles. The van der Waals surface area contributed by atoms with Crippen LogP contribution < -0.4 is 19.5 Å². The first kappa shape index (κ1) is 30.1. The third-order valence-corrected chi connectivity index (χ3v) is 7.81. The van der Waals surface area contributed by atoms with Crippen molar-refractivity contribution in [3.8, 4) is 23.0 Å². The molecule has 0 spiro atoms. The molecule has 0 bridgehead atoms. The van der Waals surface area contributed by atoms with Gasteiger partial charge in [-0.2, -0.15) is 0 Å². The first-order valence-corrected chi connectivity index (χ1v) is 15.8. The number of rotatable bonds is 15. The van der Waals surface area contributed by atoms with Gasteiger partial charge < -0.3 is 14.2 Å². The summed E-state index contributed by atoms with van der Waals surface area (Å²) in [5, 5.41) is 3.14. The Bertz CT molecular complexity index is 1410. The Balaban J connectivity index is 1.44. The average Bonchev–Trinajstić information content (AvgIpc) is 3.04. The molecule has 0 atom stereocenters. The molecule has 0 radical (unpaired) electrons. The number of benzene rings is 3. The van der Waals surface area contributed by atoms with E-state index >= 15 is 0 Å². The second-order valence-corrected chi connectivity index (χ2v) is 11.1. The van der Waals surface area contributed by atoms with Crippen molar-refractivity contribution in [2.24, 2.45) is 0 Å². The molecule has 0 fully saturated rings. The molecule has 5 heteroatoms. The van der Waals surface area contributed by atoms with Gasteiger partial charge in [0.05, 0.1) is 25.2 Å². The van der Waals surface area contributed by atoms with Gasteiger partial charge >= 0.3 is 0 Å².